The molecule has 1 aromatic rings. The van der Waals surface area contributed by atoms with Crippen molar-refractivity contribution in [1.82, 2.24) is 20.2 Å². The first-order chi connectivity index (χ1) is 15.3. The Morgan fingerprint density at radius 2 is 2.09 bits per heavy atom. The van der Waals surface area contributed by atoms with Gasteiger partial charge in [0.1, 0.15) is 5.82 Å². The number of likely N-dealkylation sites (tertiary alicyclic amines) is 1. The van der Waals surface area contributed by atoms with E-state index in [0.29, 0.717) is 10.8 Å². The molecule has 2 aliphatic heterocycles. The Kier molecular flexibility index (Phi) is 8.51. The van der Waals surface area contributed by atoms with Crippen molar-refractivity contribution >= 4 is 35.2 Å². The topological polar surface area (TPSA) is 82.1 Å². The number of allylic oxidation sites excluding steroid dienone is 2. The molecule has 176 valence electrons. The second-order valence-corrected chi connectivity index (χ2v) is 9.75. The Bertz CT molecular complexity index is 849. The van der Waals surface area contributed by atoms with Gasteiger partial charge in [0.15, 0.2) is 0 Å². The van der Waals surface area contributed by atoms with Crippen LogP contribution < -0.4 is 10.6 Å². The van der Waals surface area contributed by atoms with Crippen molar-refractivity contribution in [1.29, 1.82) is 0 Å². The minimum atomic E-state index is -0.248. The average molecular weight is 463 g/mol. The van der Waals surface area contributed by atoms with Crippen LogP contribution in [0.5, 0.6) is 0 Å². The summed E-state index contributed by atoms with van der Waals surface area (Å²) < 4.78 is 5.14. The lowest BCUT2D eigenvalue weighted by atomic mass is 9.87. The first kappa shape index (κ1) is 24.5. The lowest BCUT2D eigenvalue weighted by molar-refractivity contribution is 0.127. The van der Waals surface area contributed by atoms with Gasteiger partial charge in [-0.05, 0) is 36.3 Å². The summed E-state index contributed by atoms with van der Waals surface area (Å²) in [5.41, 5.74) is 1.82. The van der Waals surface area contributed by atoms with Crippen molar-refractivity contribution in [2.75, 3.05) is 52.3 Å². The van der Waals surface area contributed by atoms with E-state index < -0.39 is 0 Å². The molecule has 3 heterocycles. The molecule has 2 aliphatic rings. The summed E-state index contributed by atoms with van der Waals surface area (Å²) in [6.07, 6.45) is 8.27. The number of nitrogens with one attached hydrogen (secondary N) is 2. The normalized spacial score (nSPS) is 20.8. The van der Waals surface area contributed by atoms with Gasteiger partial charge in [-0.3, -0.25) is 10.3 Å². The Morgan fingerprint density at radius 1 is 1.34 bits per heavy atom. The van der Waals surface area contributed by atoms with Gasteiger partial charge in [-0.1, -0.05) is 31.5 Å². The molecule has 0 spiro atoms. The van der Waals surface area contributed by atoms with Crippen LogP contribution in [0.3, 0.4) is 0 Å². The number of ether oxygens (including phenoxy) is 1. The van der Waals surface area contributed by atoms with Crippen LogP contribution in [-0.4, -0.2) is 80.1 Å². The second kappa shape index (κ2) is 11.1. The summed E-state index contributed by atoms with van der Waals surface area (Å²) in [4.78, 5) is 19.2. The van der Waals surface area contributed by atoms with Crippen molar-refractivity contribution in [3.8, 4) is 0 Å². The van der Waals surface area contributed by atoms with Crippen molar-refractivity contribution < 1.29 is 9.53 Å². The number of piperidine rings is 1. The van der Waals surface area contributed by atoms with Gasteiger partial charge >= 0.3 is 6.03 Å². The standard InChI is InChI=1S/C23H35ClN6O2/c1-23(2)8-5-17(14-26-29(3)16-23)19-13-21(25-15-20(19)24)28-22(31)27-18-6-9-30(10-7-18)11-12-32-4/h5,13-15,18H,6-12,16H2,1-4H3,(H2,25,27,28,31)/b17-5?,26-14-. The van der Waals surface area contributed by atoms with Crippen LogP contribution in [0.2, 0.25) is 5.02 Å². The zero-order chi connectivity index (χ0) is 23.1. The number of hydrazone groups is 1. The number of carbonyl (C=O) groups is 1. The smallest absolute Gasteiger partial charge is 0.320 e. The van der Waals surface area contributed by atoms with E-state index in [0.717, 1.165) is 63.2 Å². The highest BCUT2D eigenvalue weighted by Crippen LogP contribution is 2.30. The third-order valence-electron chi connectivity index (χ3n) is 5.87. The summed E-state index contributed by atoms with van der Waals surface area (Å²) >= 11 is 6.45. The zero-order valence-corrected chi connectivity index (χ0v) is 20.3. The summed E-state index contributed by atoms with van der Waals surface area (Å²) in [5.74, 6) is 0.461. The highest BCUT2D eigenvalue weighted by atomic mass is 35.5. The van der Waals surface area contributed by atoms with Gasteiger partial charge in [0, 0.05) is 58.1 Å². The highest BCUT2D eigenvalue weighted by Gasteiger charge is 2.22. The third kappa shape index (κ3) is 7.18. The molecule has 0 aliphatic carbocycles. The van der Waals surface area contributed by atoms with Gasteiger partial charge in [0.25, 0.3) is 0 Å². The van der Waals surface area contributed by atoms with Crippen molar-refractivity contribution in [2.24, 2.45) is 10.5 Å². The van der Waals surface area contributed by atoms with E-state index in [2.05, 4.69) is 45.5 Å². The van der Waals surface area contributed by atoms with Gasteiger partial charge in [0.05, 0.1) is 17.8 Å². The maximum Gasteiger partial charge on any atom is 0.320 e. The molecule has 0 atom stereocenters. The average Bonchev–Trinajstić information content (AvgIpc) is 2.73. The van der Waals surface area contributed by atoms with E-state index in [1.807, 2.05) is 24.3 Å². The van der Waals surface area contributed by atoms with E-state index in [9.17, 15) is 4.79 Å². The Hall–Kier alpha value is -2.16. The van der Waals surface area contributed by atoms with Crippen LogP contribution in [0, 0.1) is 5.41 Å². The number of hydrogen-bond donors (Lipinski definition) is 2. The molecule has 0 aromatic carbocycles. The predicted molar refractivity (Wildman–Crippen MR) is 130 cm³/mol. The molecule has 2 amide bonds. The molecule has 1 fully saturated rings. The van der Waals surface area contributed by atoms with Crippen LogP contribution in [0.1, 0.15) is 38.7 Å². The first-order valence-electron chi connectivity index (χ1n) is 11.2. The Balaban J connectivity index is 1.62. The van der Waals surface area contributed by atoms with E-state index in [4.69, 9.17) is 16.3 Å². The molecule has 3 rings (SSSR count). The van der Waals surface area contributed by atoms with Crippen LogP contribution in [-0.2, 0) is 4.74 Å². The quantitative estimate of drug-likeness (QED) is 0.673. The molecule has 8 nitrogen and oxygen atoms in total. The van der Waals surface area contributed by atoms with Crippen LogP contribution >= 0.6 is 11.6 Å². The molecule has 0 saturated carbocycles. The third-order valence-corrected chi connectivity index (χ3v) is 6.17. The zero-order valence-electron chi connectivity index (χ0n) is 19.5. The minimum absolute atomic E-state index is 0.0946. The maximum atomic E-state index is 12.6. The molecule has 1 saturated heterocycles. The first-order valence-corrected chi connectivity index (χ1v) is 11.5. The lowest BCUT2D eigenvalue weighted by Gasteiger charge is -2.32. The summed E-state index contributed by atoms with van der Waals surface area (Å²) in [6.45, 7) is 8.87. The number of hydrogen-bond acceptors (Lipinski definition) is 6. The van der Waals surface area contributed by atoms with Crippen molar-refractivity contribution in [3.05, 3.63) is 28.9 Å². The predicted octanol–water partition coefficient (Wildman–Crippen LogP) is 3.70. The number of anilines is 1. The lowest BCUT2D eigenvalue weighted by Crippen LogP contribution is -2.46. The number of rotatable bonds is 6. The number of pyridine rings is 1. The van der Waals surface area contributed by atoms with E-state index in [1.165, 1.54) is 0 Å². The molecular formula is C23H35ClN6O2. The van der Waals surface area contributed by atoms with Crippen LogP contribution in [0.4, 0.5) is 10.6 Å². The monoisotopic (exact) mass is 462 g/mol. The van der Waals surface area contributed by atoms with Gasteiger partial charge in [-0.2, -0.15) is 5.10 Å². The molecule has 32 heavy (non-hydrogen) atoms. The Morgan fingerprint density at radius 3 is 2.81 bits per heavy atom. The molecule has 1 aromatic heterocycles. The van der Waals surface area contributed by atoms with E-state index in [1.54, 1.807) is 13.3 Å². The number of aromatic nitrogens is 1. The van der Waals surface area contributed by atoms with Gasteiger partial charge in [0.2, 0.25) is 0 Å². The fourth-order valence-corrected chi connectivity index (χ4v) is 4.30. The fourth-order valence-electron chi connectivity index (χ4n) is 4.09. The minimum Gasteiger partial charge on any atom is -0.383 e. The van der Waals surface area contributed by atoms with Gasteiger partial charge in [-0.25, -0.2) is 9.78 Å². The number of amides is 2. The second-order valence-electron chi connectivity index (χ2n) is 9.34. The van der Waals surface area contributed by atoms with Crippen LogP contribution in [0.15, 0.2) is 23.4 Å². The number of halogens is 1. The van der Waals surface area contributed by atoms with Crippen LogP contribution in [0.25, 0.3) is 5.57 Å². The molecule has 0 bridgehead atoms. The largest absolute Gasteiger partial charge is 0.383 e. The fraction of sp³-hybridized carbons (Fsp3) is 0.609. The number of nitrogens with zero attached hydrogens (tertiary/aromatic N) is 4. The molecule has 2 N–H and O–H groups in total. The van der Waals surface area contributed by atoms with E-state index in [-0.39, 0.29) is 17.5 Å². The molecule has 9 heteroatoms. The summed E-state index contributed by atoms with van der Waals surface area (Å²) in [6, 6.07) is 1.71. The summed E-state index contributed by atoms with van der Waals surface area (Å²) in [5, 5.41) is 12.9. The molecule has 0 radical (unpaired) electrons. The molecule has 0 unspecified atom stereocenters. The highest BCUT2D eigenvalue weighted by molar-refractivity contribution is 6.33. The SMILES string of the molecule is COCCN1CCC(NC(=O)Nc2cc(C3=CCC(C)(C)CN(C)/N=C\3)c(Cl)cn2)CC1. The molecular weight excluding hydrogens is 428 g/mol. The summed E-state index contributed by atoms with van der Waals surface area (Å²) in [7, 11) is 3.68. The van der Waals surface area contributed by atoms with Gasteiger partial charge < -0.3 is 15.0 Å². The maximum absolute atomic E-state index is 12.6. The van der Waals surface area contributed by atoms with Gasteiger partial charge in [-0.15, -0.1) is 0 Å². The number of methoxy groups -OCH3 is 1. The number of carbonyl (C=O) groups excluding carboxylic acids is 1. The number of urea groups is 1. The van der Waals surface area contributed by atoms with E-state index >= 15 is 0 Å². The Labute approximate surface area is 196 Å². The van der Waals surface area contributed by atoms with Crippen molar-refractivity contribution in [3.63, 3.8) is 0 Å². The van der Waals surface area contributed by atoms with Crippen molar-refractivity contribution in [2.45, 2.75) is 39.2 Å².